The average molecular weight is 267 g/mol. The fourth-order valence-corrected chi connectivity index (χ4v) is 1.71. The Morgan fingerprint density at radius 1 is 1.53 bits per heavy atom. The summed E-state index contributed by atoms with van der Waals surface area (Å²) in [6.45, 7) is 2.73. The van der Waals surface area contributed by atoms with Crippen molar-refractivity contribution in [3.05, 3.63) is 29.3 Å². The molecule has 0 aliphatic carbocycles. The van der Waals surface area contributed by atoms with E-state index in [9.17, 15) is 0 Å². The van der Waals surface area contributed by atoms with Crippen molar-refractivity contribution in [1.82, 2.24) is 5.32 Å². The number of nitrogens with one attached hydrogen (secondary N) is 1. The van der Waals surface area contributed by atoms with E-state index in [2.05, 4.69) is 10.5 Å². The second-order valence-electron chi connectivity index (χ2n) is 4.19. The van der Waals surface area contributed by atoms with Crippen LogP contribution in [0.3, 0.4) is 0 Å². The summed E-state index contributed by atoms with van der Waals surface area (Å²) >= 11 is 0. The van der Waals surface area contributed by atoms with E-state index in [4.69, 9.17) is 20.8 Å². The Morgan fingerprint density at radius 3 is 2.79 bits per heavy atom. The lowest BCUT2D eigenvalue weighted by atomic mass is 10.1. The van der Waals surface area contributed by atoms with Crippen molar-refractivity contribution in [2.75, 3.05) is 13.7 Å². The van der Waals surface area contributed by atoms with Gasteiger partial charge in [-0.05, 0) is 24.1 Å². The zero-order chi connectivity index (χ0) is 14.3. The topological polar surface area (TPSA) is 100 Å². The number of aliphatic hydroxyl groups excluding tert-OH is 1. The van der Waals surface area contributed by atoms with Gasteiger partial charge in [-0.15, -0.1) is 0 Å². The summed E-state index contributed by atoms with van der Waals surface area (Å²) in [6, 6.07) is 5.51. The molecule has 1 atom stereocenters. The van der Waals surface area contributed by atoms with E-state index in [1.807, 2.05) is 19.1 Å². The highest BCUT2D eigenvalue weighted by Crippen LogP contribution is 2.20. The molecule has 19 heavy (non-hydrogen) atoms. The molecule has 0 bridgehead atoms. The van der Waals surface area contributed by atoms with Crippen LogP contribution >= 0.6 is 0 Å². The molecule has 1 aromatic rings. The van der Waals surface area contributed by atoms with Gasteiger partial charge in [0.15, 0.2) is 5.84 Å². The number of nitrogens with two attached hydrogens (primary N) is 1. The minimum atomic E-state index is 0.0122. The molecule has 0 aliphatic rings. The Hall–Kier alpha value is -1.79. The Labute approximate surface area is 112 Å². The number of methoxy groups -OCH3 is 1. The van der Waals surface area contributed by atoms with Gasteiger partial charge < -0.3 is 26.1 Å². The second-order valence-corrected chi connectivity index (χ2v) is 4.19. The number of benzene rings is 1. The van der Waals surface area contributed by atoms with Crippen LogP contribution in [0.1, 0.15) is 24.5 Å². The van der Waals surface area contributed by atoms with Gasteiger partial charge in [-0.3, -0.25) is 0 Å². The van der Waals surface area contributed by atoms with Crippen molar-refractivity contribution in [3.8, 4) is 5.75 Å². The molecule has 0 aliphatic heterocycles. The molecule has 0 radical (unpaired) electrons. The van der Waals surface area contributed by atoms with Crippen molar-refractivity contribution in [1.29, 1.82) is 0 Å². The SMILES string of the molecule is CCC(CO)NCc1ccc(/C(N)=N/O)c(OC)c1. The second kappa shape index (κ2) is 7.60. The van der Waals surface area contributed by atoms with Crippen LogP contribution in [0.15, 0.2) is 23.4 Å². The highest BCUT2D eigenvalue weighted by atomic mass is 16.5. The number of rotatable bonds is 7. The number of nitrogens with zero attached hydrogens (tertiary/aromatic N) is 1. The third kappa shape index (κ3) is 4.11. The Morgan fingerprint density at radius 2 is 2.26 bits per heavy atom. The predicted octanol–water partition coefficient (Wildman–Crippen LogP) is 0.650. The minimum absolute atomic E-state index is 0.0122. The van der Waals surface area contributed by atoms with E-state index >= 15 is 0 Å². The molecule has 0 aromatic heterocycles. The third-order valence-corrected chi connectivity index (χ3v) is 2.96. The van der Waals surface area contributed by atoms with E-state index in [0.29, 0.717) is 17.9 Å². The van der Waals surface area contributed by atoms with Gasteiger partial charge in [0.05, 0.1) is 19.3 Å². The van der Waals surface area contributed by atoms with E-state index in [-0.39, 0.29) is 18.5 Å². The molecule has 1 aromatic carbocycles. The van der Waals surface area contributed by atoms with Crippen LogP contribution in [0.5, 0.6) is 5.75 Å². The van der Waals surface area contributed by atoms with Crippen LogP contribution < -0.4 is 15.8 Å². The normalized spacial score (nSPS) is 13.3. The summed E-state index contributed by atoms with van der Waals surface area (Å²) in [5.41, 5.74) is 7.10. The molecule has 106 valence electrons. The lowest BCUT2D eigenvalue weighted by molar-refractivity contribution is 0.238. The molecule has 6 heteroatoms. The van der Waals surface area contributed by atoms with Crippen molar-refractivity contribution in [2.24, 2.45) is 10.9 Å². The van der Waals surface area contributed by atoms with Gasteiger partial charge in [0.25, 0.3) is 0 Å². The van der Waals surface area contributed by atoms with E-state index in [1.165, 1.54) is 7.11 Å². The van der Waals surface area contributed by atoms with Gasteiger partial charge in [-0.25, -0.2) is 0 Å². The van der Waals surface area contributed by atoms with Gasteiger partial charge in [0, 0.05) is 12.6 Å². The first-order valence-corrected chi connectivity index (χ1v) is 6.15. The van der Waals surface area contributed by atoms with Gasteiger partial charge in [0.2, 0.25) is 0 Å². The van der Waals surface area contributed by atoms with Crippen molar-refractivity contribution < 1.29 is 15.1 Å². The van der Waals surface area contributed by atoms with Crippen LogP contribution in [0.2, 0.25) is 0 Å². The summed E-state index contributed by atoms with van der Waals surface area (Å²) in [5.74, 6) is 0.560. The van der Waals surface area contributed by atoms with Crippen LogP contribution in [-0.2, 0) is 6.54 Å². The maximum absolute atomic E-state index is 9.11. The predicted molar refractivity (Wildman–Crippen MR) is 73.5 cm³/mol. The molecule has 0 saturated heterocycles. The number of oxime groups is 1. The van der Waals surface area contributed by atoms with Gasteiger partial charge in [0.1, 0.15) is 5.75 Å². The Balaban J connectivity index is 2.82. The molecular formula is C13H21N3O3. The van der Waals surface area contributed by atoms with Crippen molar-refractivity contribution >= 4 is 5.84 Å². The van der Waals surface area contributed by atoms with Gasteiger partial charge in [-0.2, -0.15) is 0 Å². The van der Waals surface area contributed by atoms with Crippen LogP contribution in [0.25, 0.3) is 0 Å². The largest absolute Gasteiger partial charge is 0.496 e. The molecule has 5 N–H and O–H groups in total. The Bertz CT molecular complexity index is 431. The molecule has 6 nitrogen and oxygen atoms in total. The highest BCUT2D eigenvalue weighted by molar-refractivity contribution is 5.99. The van der Waals surface area contributed by atoms with E-state index in [1.54, 1.807) is 6.07 Å². The molecule has 1 rings (SSSR count). The Kier molecular flexibility index (Phi) is 6.11. The standard InChI is InChI=1S/C13H21N3O3/c1-3-10(8-17)15-7-9-4-5-11(13(14)16-18)12(6-9)19-2/h4-6,10,15,17-18H,3,7-8H2,1-2H3,(H2,14,16). The first-order chi connectivity index (χ1) is 9.15. The number of ether oxygens (including phenoxy) is 1. The van der Waals surface area contributed by atoms with E-state index < -0.39 is 0 Å². The number of aliphatic hydroxyl groups is 1. The number of hydrogen-bond acceptors (Lipinski definition) is 5. The highest BCUT2D eigenvalue weighted by Gasteiger charge is 2.09. The summed E-state index contributed by atoms with van der Waals surface area (Å²) in [6.07, 6.45) is 0.857. The quantitative estimate of drug-likeness (QED) is 0.251. The third-order valence-electron chi connectivity index (χ3n) is 2.96. The maximum Gasteiger partial charge on any atom is 0.173 e. The van der Waals surface area contributed by atoms with Crippen LogP contribution in [0.4, 0.5) is 0 Å². The molecule has 0 amide bonds. The van der Waals surface area contributed by atoms with Gasteiger partial charge >= 0.3 is 0 Å². The zero-order valence-corrected chi connectivity index (χ0v) is 11.3. The smallest absolute Gasteiger partial charge is 0.173 e. The average Bonchev–Trinajstić information content (AvgIpc) is 2.47. The van der Waals surface area contributed by atoms with Crippen molar-refractivity contribution in [3.63, 3.8) is 0 Å². The number of hydrogen-bond donors (Lipinski definition) is 4. The molecule has 0 spiro atoms. The lowest BCUT2D eigenvalue weighted by Crippen LogP contribution is -2.31. The molecular weight excluding hydrogens is 246 g/mol. The first kappa shape index (κ1) is 15.3. The summed E-state index contributed by atoms with van der Waals surface area (Å²) in [5, 5.41) is 24.0. The fourth-order valence-electron chi connectivity index (χ4n) is 1.71. The minimum Gasteiger partial charge on any atom is -0.496 e. The molecule has 1 unspecified atom stereocenters. The van der Waals surface area contributed by atoms with E-state index in [0.717, 1.165) is 12.0 Å². The van der Waals surface area contributed by atoms with Crippen LogP contribution in [-0.4, -0.2) is 35.9 Å². The summed E-state index contributed by atoms with van der Waals surface area (Å²) in [4.78, 5) is 0. The monoisotopic (exact) mass is 267 g/mol. The first-order valence-electron chi connectivity index (χ1n) is 6.15. The maximum atomic E-state index is 9.11. The molecule has 0 heterocycles. The summed E-state index contributed by atoms with van der Waals surface area (Å²) < 4.78 is 5.22. The molecule has 0 fully saturated rings. The van der Waals surface area contributed by atoms with Gasteiger partial charge in [-0.1, -0.05) is 18.1 Å². The van der Waals surface area contributed by atoms with Crippen molar-refractivity contribution in [2.45, 2.75) is 25.9 Å². The lowest BCUT2D eigenvalue weighted by Gasteiger charge is -2.15. The fraction of sp³-hybridized carbons (Fsp3) is 0.462. The number of amidine groups is 1. The molecule has 0 saturated carbocycles. The summed E-state index contributed by atoms with van der Waals surface area (Å²) in [7, 11) is 1.53. The zero-order valence-electron chi connectivity index (χ0n) is 11.3. The van der Waals surface area contributed by atoms with Crippen LogP contribution in [0, 0.1) is 0 Å².